The molecule has 1 aliphatic heterocycles. The number of carbonyl (C=O) groups excluding carboxylic acids is 3. The first-order valence-electron chi connectivity index (χ1n) is 8.93. The van der Waals surface area contributed by atoms with Gasteiger partial charge in [0.15, 0.2) is 0 Å². The molecule has 2 aromatic rings. The molecule has 1 unspecified atom stereocenters. The molecule has 7 heteroatoms. The lowest BCUT2D eigenvalue weighted by Crippen LogP contribution is -2.43. The maximum atomic E-state index is 13.0. The maximum Gasteiger partial charge on any atom is 0.337 e. The molecule has 0 spiro atoms. The lowest BCUT2D eigenvalue weighted by Gasteiger charge is -2.31. The summed E-state index contributed by atoms with van der Waals surface area (Å²) in [6.45, 7) is 0.781. The number of benzene rings is 2. The van der Waals surface area contributed by atoms with Gasteiger partial charge in [-0.3, -0.25) is 9.59 Å². The predicted molar refractivity (Wildman–Crippen MR) is 98.4 cm³/mol. The van der Waals surface area contributed by atoms with Crippen molar-refractivity contribution in [2.45, 2.75) is 12.8 Å². The molecular formula is C21H20FNO5. The molecule has 1 amide bonds. The normalized spacial score (nSPS) is 16.4. The zero-order valence-electron chi connectivity index (χ0n) is 15.4. The molecule has 1 fully saturated rings. The number of amides is 1. The number of likely N-dealkylation sites (tertiary alicyclic amines) is 1. The number of methoxy groups -OCH3 is 1. The first-order valence-corrected chi connectivity index (χ1v) is 8.93. The van der Waals surface area contributed by atoms with Crippen molar-refractivity contribution < 1.29 is 28.2 Å². The Labute approximate surface area is 161 Å². The second kappa shape index (κ2) is 8.65. The van der Waals surface area contributed by atoms with Crippen molar-refractivity contribution >= 4 is 17.8 Å². The lowest BCUT2D eigenvalue weighted by atomic mass is 9.97. The number of ether oxygens (including phenoxy) is 2. The van der Waals surface area contributed by atoms with E-state index in [1.165, 1.54) is 55.6 Å². The monoisotopic (exact) mass is 385 g/mol. The predicted octanol–water partition coefficient (Wildman–Crippen LogP) is 3.07. The van der Waals surface area contributed by atoms with Gasteiger partial charge in [0.25, 0.3) is 5.91 Å². The Morgan fingerprint density at radius 3 is 2.29 bits per heavy atom. The Balaban J connectivity index is 1.61. The van der Waals surface area contributed by atoms with Crippen molar-refractivity contribution in [2.75, 3.05) is 20.2 Å². The molecule has 2 aromatic carbocycles. The Kier molecular flexibility index (Phi) is 6.03. The number of esters is 2. The van der Waals surface area contributed by atoms with E-state index in [-0.39, 0.29) is 12.5 Å². The molecular weight excluding hydrogens is 365 g/mol. The van der Waals surface area contributed by atoms with Crippen molar-refractivity contribution in [3.05, 3.63) is 65.5 Å². The quantitative estimate of drug-likeness (QED) is 0.597. The molecule has 1 saturated heterocycles. The molecule has 3 rings (SSSR count). The third-order valence-electron chi connectivity index (χ3n) is 4.63. The van der Waals surface area contributed by atoms with Crippen LogP contribution in [0.4, 0.5) is 4.39 Å². The third-order valence-corrected chi connectivity index (χ3v) is 4.63. The first-order chi connectivity index (χ1) is 13.5. The smallest absolute Gasteiger partial charge is 0.337 e. The van der Waals surface area contributed by atoms with Crippen molar-refractivity contribution in [1.82, 2.24) is 4.90 Å². The van der Waals surface area contributed by atoms with E-state index in [4.69, 9.17) is 4.74 Å². The number of halogens is 1. The zero-order valence-corrected chi connectivity index (χ0v) is 15.4. The standard InChI is InChI=1S/C21H20FNO5/c1-27-20(25)15-6-10-18(11-7-15)28-21(26)16-3-2-12-23(13-16)19(24)14-4-8-17(22)9-5-14/h4-11,16H,2-3,12-13H2,1H3. The lowest BCUT2D eigenvalue weighted by molar-refractivity contribution is -0.140. The molecule has 146 valence electrons. The Morgan fingerprint density at radius 2 is 1.64 bits per heavy atom. The molecule has 0 aliphatic carbocycles. The van der Waals surface area contributed by atoms with Gasteiger partial charge in [-0.25, -0.2) is 9.18 Å². The van der Waals surface area contributed by atoms with Gasteiger partial charge < -0.3 is 14.4 Å². The van der Waals surface area contributed by atoms with Crippen LogP contribution in [0.1, 0.15) is 33.6 Å². The summed E-state index contributed by atoms with van der Waals surface area (Å²) >= 11 is 0. The number of hydrogen-bond donors (Lipinski definition) is 0. The van der Waals surface area contributed by atoms with Gasteiger partial charge >= 0.3 is 11.9 Å². The minimum absolute atomic E-state index is 0.236. The van der Waals surface area contributed by atoms with Crippen LogP contribution in [-0.2, 0) is 9.53 Å². The van der Waals surface area contributed by atoms with Crippen LogP contribution in [-0.4, -0.2) is 42.9 Å². The summed E-state index contributed by atoms with van der Waals surface area (Å²) in [4.78, 5) is 38.1. The number of hydrogen-bond acceptors (Lipinski definition) is 5. The summed E-state index contributed by atoms with van der Waals surface area (Å²) in [6, 6.07) is 11.4. The average Bonchev–Trinajstić information content (AvgIpc) is 2.74. The third kappa shape index (κ3) is 4.54. The highest BCUT2D eigenvalue weighted by Gasteiger charge is 2.30. The van der Waals surface area contributed by atoms with E-state index in [0.29, 0.717) is 36.3 Å². The largest absolute Gasteiger partial charge is 0.465 e. The van der Waals surface area contributed by atoms with Crippen LogP contribution in [0.5, 0.6) is 5.75 Å². The van der Waals surface area contributed by atoms with E-state index < -0.39 is 23.7 Å². The van der Waals surface area contributed by atoms with Gasteiger partial charge in [-0.05, 0) is 61.4 Å². The van der Waals surface area contributed by atoms with Crippen molar-refractivity contribution in [2.24, 2.45) is 5.92 Å². The van der Waals surface area contributed by atoms with Gasteiger partial charge in [0.1, 0.15) is 11.6 Å². The summed E-state index contributed by atoms with van der Waals surface area (Å²) in [5.41, 5.74) is 0.741. The molecule has 1 atom stereocenters. The van der Waals surface area contributed by atoms with E-state index >= 15 is 0 Å². The van der Waals surface area contributed by atoms with E-state index in [0.717, 1.165) is 0 Å². The van der Waals surface area contributed by atoms with Crippen LogP contribution in [0.3, 0.4) is 0 Å². The molecule has 28 heavy (non-hydrogen) atoms. The average molecular weight is 385 g/mol. The van der Waals surface area contributed by atoms with Gasteiger partial charge in [-0.15, -0.1) is 0 Å². The number of rotatable bonds is 4. The van der Waals surface area contributed by atoms with E-state index in [2.05, 4.69) is 4.74 Å². The Bertz CT molecular complexity index is 863. The van der Waals surface area contributed by atoms with Crippen LogP contribution in [0.2, 0.25) is 0 Å². The summed E-state index contributed by atoms with van der Waals surface area (Å²) in [7, 11) is 1.29. The molecule has 6 nitrogen and oxygen atoms in total. The summed E-state index contributed by atoms with van der Waals surface area (Å²) in [5, 5.41) is 0. The molecule has 1 heterocycles. The number of nitrogens with zero attached hydrogens (tertiary/aromatic N) is 1. The Hall–Kier alpha value is -3.22. The van der Waals surface area contributed by atoms with Gasteiger partial charge in [0.05, 0.1) is 18.6 Å². The number of carbonyl (C=O) groups is 3. The van der Waals surface area contributed by atoms with Crippen LogP contribution < -0.4 is 4.74 Å². The topological polar surface area (TPSA) is 72.9 Å². The molecule has 0 radical (unpaired) electrons. The van der Waals surface area contributed by atoms with E-state index in [1.54, 1.807) is 4.90 Å². The number of piperidine rings is 1. The van der Waals surface area contributed by atoms with Gasteiger partial charge in [0, 0.05) is 18.7 Å². The van der Waals surface area contributed by atoms with Crippen molar-refractivity contribution in [1.29, 1.82) is 0 Å². The van der Waals surface area contributed by atoms with Crippen molar-refractivity contribution in [3.8, 4) is 5.75 Å². The minimum Gasteiger partial charge on any atom is -0.465 e. The fourth-order valence-corrected chi connectivity index (χ4v) is 3.11. The fraction of sp³-hybridized carbons (Fsp3) is 0.286. The summed E-state index contributed by atoms with van der Waals surface area (Å²) < 4.78 is 23.1. The highest BCUT2D eigenvalue weighted by molar-refractivity contribution is 5.94. The first kappa shape index (κ1) is 19.5. The van der Waals surface area contributed by atoms with Crippen LogP contribution >= 0.6 is 0 Å². The Morgan fingerprint density at radius 1 is 1.00 bits per heavy atom. The molecule has 0 bridgehead atoms. The van der Waals surface area contributed by atoms with Crippen LogP contribution in [0.25, 0.3) is 0 Å². The highest BCUT2D eigenvalue weighted by Crippen LogP contribution is 2.22. The minimum atomic E-state index is -0.472. The molecule has 1 aliphatic rings. The second-order valence-electron chi connectivity index (χ2n) is 6.53. The molecule has 0 N–H and O–H groups in total. The van der Waals surface area contributed by atoms with Crippen LogP contribution in [0, 0.1) is 11.7 Å². The van der Waals surface area contributed by atoms with E-state index in [1.807, 2.05) is 0 Å². The zero-order chi connectivity index (χ0) is 20.1. The van der Waals surface area contributed by atoms with Crippen molar-refractivity contribution in [3.63, 3.8) is 0 Å². The summed E-state index contributed by atoms with van der Waals surface area (Å²) in [6.07, 6.45) is 1.29. The van der Waals surface area contributed by atoms with Gasteiger partial charge in [0.2, 0.25) is 0 Å². The van der Waals surface area contributed by atoms with Gasteiger partial charge in [-0.2, -0.15) is 0 Å². The SMILES string of the molecule is COC(=O)c1ccc(OC(=O)C2CCCN(C(=O)c3ccc(F)cc3)C2)cc1. The van der Waals surface area contributed by atoms with E-state index in [9.17, 15) is 18.8 Å². The van der Waals surface area contributed by atoms with Crippen LogP contribution in [0.15, 0.2) is 48.5 Å². The molecule has 0 aromatic heterocycles. The maximum absolute atomic E-state index is 13.0. The summed E-state index contributed by atoms with van der Waals surface area (Å²) in [5.74, 6) is -1.67. The fourth-order valence-electron chi connectivity index (χ4n) is 3.11. The van der Waals surface area contributed by atoms with Gasteiger partial charge in [-0.1, -0.05) is 0 Å². The molecule has 0 saturated carbocycles. The second-order valence-corrected chi connectivity index (χ2v) is 6.53. The highest BCUT2D eigenvalue weighted by atomic mass is 19.1.